The lowest BCUT2D eigenvalue weighted by molar-refractivity contribution is 0.0746. The van der Waals surface area contributed by atoms with E-state index in [1.54, 1.807) is 30.9 Å². The molecule has 0 saturated carbocycles. The zero-order valence-corrected chi connectivity index (χ0v) is 16.7. The molecular weight excluding hydrogens is 364 g/mol. The van der Waals surface area contributed by atoms with Gasteiger partial charge in [0, 0.05) is 50.5 Å². The highest BCUT2D eigenvalue weighted by molar-refractivity contribution is 5.95. The van der Waals surface area contributed by atoms with E-state index >= 15 is 0 Å². The zero-order chi connectivity index (χ0) is 20.2. The highest BCUT2D eigenvalue weighted by atomic mass is 16.2. The maximum absolute atomic E-state index is 13.0. The second-order valence-electron chi connectivity index (χ2n) is 7.23. The molecule has 3 aromatic rings. The van der Waals surface area contributed by atoms with Gasteiger partial charge in [0.2, 0.25) is 5.95 Å². The highest BCUT2D eigenvalue weighted by Crippen LogP contribution is 2.22. The minimum absolute atomic E-state index is 0.00394. The molecule has 3 heterocycles. The third-order valence-electron chi connectivity index (χ3n) is 5.06. The molecule has 7 heteroatoms. The smallest absolute Gasteiger partial charge is 0.255 e. The Morgan fingerprint density at radius 2 is 1.76 bits per heavy atom. The fraction of sp³-hybridized carbons (Fsp3) is 0.273. The van der Waals surface area contributed by atoms with Crippen molar-refractivity contribution < 1.29 is 4.79 Å². The van der Waals surface area contributed by atoms with E-state index in [1.807, 2.05) is 11.0 Å². The van der Waals surface area contributed by atoms with Crippen molar-refractivity contribution in [2.24, 2.45) is 0 Å². The van der Waals surface area contributed by atoms with Crippen molar-refractivity contribution in [3.8, 4) is 0 Å². The summed E-state index contributed by atoms with van der Waals surface area (Å²) in [6.07, 6.45) is 6.84. The summed E-state index contributed by atoms with van der Waals surface area (Å²) in [4.78, 5) is 29.8. The van der Waals surface area contributed by atoms with E-state index in [0.29, 0.717) is 37.7 Å². The summed E-state index contributed by atoms with van der Waals surface area (Å²) in [5.74, 6) is 0.705. The van der Waals surface area contributed by atoms with Crippen molar-refractivity contribution in [2.75, 3.05) is 36.4 Å². The average molecular weight is 388 g/mol. The number of benzene rings is 1. The van der Waals surface area contributed by atoms with Gasteiger partial charge in [-0.3, -0.25) is 9.78 Å². The molecule has 2 aromatic heterocycles. The molecule has 0 bridgehead atoms. The van der Waals surface area contributed by atoms with Crippen LogP contribution in [0.5, 0.6) is 0 Å². The van der Waals surface area contributed by atoms with Gasteiger partial charge in [-0.25, -0.2) is 9.97 Å². The lowest BCUT2D eigenvalue weighted by Gasteiger charge is -2.34. The van der Waals surface area contributed by atoms with Gasteiger partial charge >= 0.3 is 0 Å². The van der Waals surface area contributed by atoms with Crippen LogP contribution in [0, 0.1) is 13.8 Å². The summed E-state index contributed by atoms with van der Waals surface area (Å²) in [5.41, 5.74) is 4.74. The Balaban J connectivity index is 1.43. The molecule has 7 nitrogen and oxygen atoms in total. The van der Waals surface area contributed by atoms with E-state index in [9.17, 15) is 4.79 Å². The summed E-state index contributed by atoms with van der Waals surface area (Å²) in [6.45, 7) is 6.80. The van der Waals surface area contributed by atoms with Crippen molar-refractivity contribution in [1.82, 2.24) is 19.9 Å². The van der Waals surface area contributed by atoms with E-state index in [-0.39, 0.29) is 5.91 Å². The van der Waals surface area contributed by atoms with E-state index in [1.165, 1.54) is 5.56 Å². The Morgan fingerprint density at radius 1 is 1.00 bits per heavy atom. The van der Waals surface area contributed by atoms with Gasteiger partial charge in [-0.1, -0.05) is 12.1 Å². The second kappa shape index (κ2) is 8.26. The van der Waals surface area contributed by atoms with E-state index in [2.05, 4.69) is 57.2 Å². The first kappa shape index (κ1) is 18.9. The van der Waals surface area contributed by atoms with Gasteiger partial charge < -0.3 is 15.1 Å². The van der Waals surface area contributed by atoms with Crippen LogP contribution >= 0.6 is 0 Å². The van der Waals surface area contributed by atoms with Crippen LogP contribution in [0.25, 0.3) is 0 Å². The van der Waals surface area contributed by atoms with Gasteiger partial charge in [-0.05, 0) is 43.2 Å². The number of aryl methyl sites for hydroxylation is 2. The maximum Gasteiger partial charge on any atom is 0.255 e. The normalized spacial score (nSPS) is 14.0. The monoisotopic (exact) mass is 388 g/mol. The van der Waals surface area contributed by atoms with Crippen LogP contribution in [-0.4, -0.2) is 51.9 Å². The van der Waals surface area contributed by atoms with E-state index in [4.69, 9.17) is 0 Å². The lowest BCUT2D eigenvalue weighted by atomic mass is 10.1. The van der Waals surface area contributed by atoms with Crippen LogP contribution in [0.4, 0.5) is 17.3 Å². The number of carbonyl (C=O) groups is 1. The quantitative estimate of drug-likeness (QED) is 0.740. The predicted octanol–water partition coefficient (Wildman–Crippen LogP) is 3.19. The molecule has 1 amide bonds. The molecule has 0 atom stereocenters. The number of amides is 1. The van der Waals surface area contributed by atoms with E-state index < -0.39 is 0 Å². The summed E-state index contributed by atoms with van der Waals surface area (Å²) in [5, 5.41) is 3.38. The minimum Gasteiger partial charge on any atom is -0.354 e. The van der Waals surface area contributed by atoms with Crippen LogP contribution in [0.3, 0.4) is 0 Å². The average Bonchev–Trinajstić information content (AvgIpc) is 2.77. The molecule has 1 aliphatic rings. The standard InChI is InChI=1S/C22H24N6O/c1-16-4-5-17(2)20(12-16)26-19-13-18(14-23-15-19)21(29)27-8-10-28(11-9-27)22-24-6-3-7-25-22/h3-7,12-15,26H,8-11H2,1-2H3. The predicted molar refractivity (Wildman–Crippen MR) is 114 cm³/mol. The van der Waals surface area contributed by atoms with Gasteiger partial charge in [0.15, 0.2) is 0 Å². The summed E-state index contributed by atoms with van der Waals surface area (Å²) in [6, 6.07) is 9.92. The molecule has 29 heavy (non-hydrogen) atoms. The molecule has 4 rings (SSSR count). The number of carbonyl (C=O) groups excluding carboxylic acids is 1. The number of hydrogen-bond acceptors (Lipinski definition) is 6. The van der Waals surface area contributed by atoms with Crippen molar-refractivity contribution in [2.45, 2.75) is 13.8 Å². The summed E-state index contributed by atoms with van der Waals surface area (Å²) >= 11 is 0. The molecule has 1 aromatic carbocycles. The Kier molecular flexibility index (Phi) is 5.37. The largest absolute Gasteiger partial charge is 0.354 e. The number of nitrogens with zero attached hydrogens (tertiary/aromatic N) is 5. The highest BCUT2D eigenvalue weighted by Gasteiger charge is 2.23. The van der Waals surface area contributed by atoms with E-state index in [0.717, 1.165) is 16.9 Å². The van der Waals surface area contributed by atoms with Crippen LogP contribution in [0.2, 0.25) is 0 Å². The van der Waals surface area contributed by atoms with Crippen molar-refractivity contribution in [3.63, 3.8) is 0 Å². The number of anilines is 3. The van der Waals surface area contributed by atoms with Gasteiger partial charge in [0.05, 0.1) is 17.4 Å². The molecule has 148 valence electrons. The van der Waals surface area contributed by atoms with Crippen molar-refractivity contribution >= 4 is 23.2 Å². The van der Waals surface area contributed by atoms with Crippen LogP contribution < -0.4 is 10.2 Å². The van der Waals surface area contributed by atoms with Gasteiger partial charge in [-0.15, -0.1) is 0 Å². The number of aromatic nitrogens is 3. The molecule has 0 unspecified atom stereocenters. The number of hydrogen-bond donors (Lipinski definition) is 1. The number of piperazine rings is 1. The number of rotatable bonds is 4. The lowest BCUT2D eigenvalue weighted by Crippen LogP contribution is -2.49. The minimum atomic E-state index is -0.00394. The molecule has 1 N–H and O–H groups in total. The number of nitrogens with one attached hydrogen (secondary N) is 1. The van der Waals surface area contributed by atoms with Gasteiger partial charge in [0.25, 0.3) is 5.91 Å². The summed E-state index contributed by atoms with van der Waals surface area (Å²) in [7, 11) is 0. The Hall–Kier alpha value is -3.48. The Labute approximate surface area is 170 Å². The van der Waals surface area contributed by atoms with Gasteiger partial charge in [0.1, 0.15) is 0 Å². The van der Waals surface area contributed by atoms with Crippen molar-refractivity contribution in [1.29, 1.82) is 0 Å². The first-order valence-corrected chi connectivity index (χ1v) is 9.71. The molecule has 1 aliphatic heterocycles. The first-order valence-electron chi connectivity index (χ1n) is 9.71. The van der Waals surface area contributed by atoms with Crippen LogP contribution in [0.15, 0.2) is 55.1 Å². The fourth-order valence-corrected chi connectivity index (χ4v) is 3.40. The molecule has 0 radical (unpaired) electrons. The molecular formula is C22H24N6O. The Bertz CT molecular complexity index is 999. The van der Waals surface area contributed by atoms with Crippen LogP contribution in [-0.2, 0) is 0 Å². The zero-order valence-electron chi connectivity index (χ0n) is 16.7. The fourth-order valence-electron chi connectivity index (χ4n) is 3.40. The SMILES string of the molecule is Cc1ccc(C)c(Nc2cncc(C(=O)N3CCN(c4ncccn4)CC3)c2)c1. The number of pyridine rings is 1. The second-order valence-corrected chi connectivity index (χ2v) is 7.23. The molecule has 1 saturated heterocycles. The first-order chi connectivity index (χ1) is 14.1. The third kappa shape index (κ3) is 4.34. The molecule has 0 spiro atoms. The maximum atomic E-state index is 13.0. The summed E-state index contributed by atoms with van der Waals surface area (Å²) < 4.78 is 0. The molecule has 1 fully saturated rings. The van der Waals surface area contributed by atoms with Gasteiger partial charge in [-0.2, -0.15) is 0 Å². The van der Waals surface area contributed by atoms with Crippen molar-refractivity contribution in [3.05, 3.63) is 71.8 Å². The topological polar surface area (TPSA) is 74.2 Å². The Morgan fingerprint density at radius 3 is 2.52 bits per heavy atom. The van der Waals surface area contributed by atoms with Crippen LogP contribution in [0.1, 0.15) is 21.5 Å². The third-order valence-corrected chi connectivity index (χ3v) is 5.06. The molecule has 0 aliphatic carbocycles.